The number of rotatable bonds is 4. The summed E-state index contributed by atoms with van der Waals surface area (Å²) in [6.45, 7) is 8.60. The number of halogens is 1. The maximum Gasteiger partial charge on any atom is 0.254 e. The Morgan fingerprint density at radius 2 is 2.20 bits per heavy atom. The predicted molar refractivity (Wildman–Crippen MR) is 82.8 cm³/mol. The Morgan fingerprint density at radius 3 is 2.80 bits per heavy atom. The lowest BCUT2D eigenvalue weighted by Crippen LogP contribution is -2.52. The Morgan fingerprint density at radius 1 is 1.50 bits per heavy atom. The number of piperazine rings is 1. The summed E-state index contributed by atoms with van der Waals surface area (Å²) in [5, 5.41) is 3.28. The number of carbonyl (C=O) groups is 1. The summed E-state index contributed by atoms with van der Waals surface area (Å²) in [6, 6.07) is 7.51. The van der Waals surface area contributed by atoms with Crippen LogP contribution in [0.25, 0.3) is 0 Å². The van der Waals surface area contributed by atoms with E-state index < -0.39 is 0 Å². The molecule has 5 heteroatoms. The first-order valence-electron chi connectivity index (χ1n) is 6.58. The van der Waals surface area contributed by atoms with Gasteiger partial charge in [0.05, 0.1) is 0 Å². The van der Waals surface area contributed by atoms with Gasteiger partial charge in [0.2, 0.25) is 0 Å². The lowest BCUT2D eigenvalue weighted by molar-refractivity contribution is 0.0655. The van der Waals surface area contributed by atoms with Crippen LogP contribution < -0.4 is 10.1 Å². The molecule has 1 fully saturated rings. The van der Waals surface area contributed by atoms with Crippen LogP contribution in [0.3, 0.4) is 0 Å². The van der Waals surface area contributed by atoms with Crippen molar-refractivity contribution in [3.05, 3.63) is 42.5 Å². The summed E-state index contributed by atoms with van der Waals surface area (Å²) in [4.78, 5) is 14.3. The van der Waals surface area contributed by atoms with E-state index in [4.69, 9.17) is 4.74 Å². The van der Waals surface area contributed by atoms with E-state index in [1.807, 2.05) is 29.2 Å². The second kappa shape index (κ2) is 7.92. The first-order valence-corrected chi connectivity index (χ1v) is 6.58. The molecule has 1 heterocycles. The number of hydrogen-bond donors (Lipinski definition) is 1. The summed E-state index contributed by atoms with van der Waals surface area (Å²) in [7, 11) is 0. The van der Waals surface area contributed by atoms with Crippen molar-refractivity contribution in [3.63, 3.8) is 0 Å². The molecule has 1 aromatic carbocycles. The Bertz CT molecular complexity index is 448. The van der Waals surface area contributed by atoms with Crippen LogP contribution >= 0.6 is 12.4 Å². The van der Waals surface area contributed by atoms with Gasteiger partial charge < -0.3 is 15.0 Å². The molecule has 0 spiro atoms. The minimum Gasteiger partial charge on any atom is -0.490 e. The molecule has 0 aromatic heterocycles. The number of carbonyl (C=O) groups excluding carboxylic acids is 1. The third kappa shape index (κ3) is 3.99. The van der Waals surface area contributed by atoms with Crippen molar-refractivity contribution in [1.29, 1.82) is 0 Å². The number of ether oxygens (including phenoxy) is 1. The third-order valence-corrected chi connectivity index (χ3v) is 3.23. The van der Waals surface area contributed by atoms with Crippen molar-refractivity contribution < 1.29 is 9.53 Å². The van der Waals surface area contributed by atoms with Gasteiger partial charge in [0, 0.05) is 31.2 Å². The van der Waals surface area contributed by atoms with Crippen LogP contribution in [-0.2, 0) is 0 Å². The molecule has 0 unspecified atom stereocenters. The fraction of sp³-hybridized carbons (Fsp3) is 0.400. The lowest BCUT2D eigenvalue weighted by atomic mass is 10.1. The highest BCUT2D eigenvalue weighted by molar-refractivity contribution is 5.94. The molecule has 1 aliphatic heterocycles. The second-order valence-electron chi connectivity index (χ2n) is 4.68. The van der Waals surface area contributed by atoms with E-state index in [0.29, 0.717) is 12.2 Å². The molecule has 1 aliphatic rings. The first kappa shape index (κ1) is 16.5. The fourth-order valence-corrected chi connectivity index (χ4v) is 2.16. The van der Waals surface area contributed by atoms with Crippen LogP contribution in [0.15, 0.2) is 36.9 Å². The van der Waals surface area contributed by atoms with E-state index in [-0.39, 0.29) is 24.4 Å². The molecule has 1 N–H and O–H groups in total. The van der Waals surface area contributed by atoms with Crippen molar-refractivity contribution in [3.8, 4) is 5.75 Å². The van der Waals surface area contributed by atoms with E-state index in [1.165, 1.54) is 0 Å². The predicted octanol–water partition coefficient (Wildman–Crippen LogP) is 2.11. The molecular weight excluding hydrogens is 276 g/mol. The largest absolute Gasteiger partial charge is 0.490 e. The molecule has 0 aliphatic carbocycles. The van der Waals surface area contributed by atoms with Crippen LogP contribution in [0.2, 0.25) is 0 Å². The van der Waals surface area contributed by atoms with Crippen molar-refractivity contribution in [2.75, 3.05) is 26.2 Å². The average Bonchev–Trinajstić information content (AvgIpc) is 2.45. The summed E-state index contributed by atoms with van der Waals surface area (Å²) < 4.78 is 5.40. The Hall–Kier alpha value is -1.52. The Labute approximate surface area is 126 Å². The highest BCUT2D eigenvalue weighted by atomic mass is 35.5. The van der Waals surface area contributed by atoms with Crippen LogP contribution in [0, 0.1) is 0 Å². The topological polar surface area (TPSA) is 41.6 Å². The van der Waals surface area contributed by atoms with Crippen LogP contribution in [0.5, 0.6) is 5.75 Å². The first-order chi connectivity index (χ1) is 9.22. The molecule has 1 atom stereocenters. The van der Waals surface area contributed by atoms with E-state index in [0.717, 1.165) is 25.4 Å². The molecule has 1 aromatic rings. The van der Waals surface area contributed by atoms with E-state index in [2.05, 4.69) is 18.8 Å². The second-order valence-corrected chi connectivity index (χ2v) is 4.68. The monoisotopic (exact) mass is 296 g/mol. The van der Waals surface area contributed by atoms with E-state index >= 15 is 0 Å². The quantitative estimate of drug-likeness (QED) is 0.865. The van der Waals surface area contributed by atoms with E-state index in [1.54, 1.807) is 6.08 Å². The maximum absolute atomic E-state index is 12.4. The van der Waals surface area contributed by atoms with Crippen molar-refractivity contribution in [2.45, 2.75) is 13.0 Å². The van der Waals surface area contributed by atoms with Gasteiger partial charge in [-0.1, -0.05) is 12.7 Å². The molecule has 2 rings (SSSR count). The molecule has 0 saturated carbocycles. The SMILES string of the molecule is C=CCOc1ccc(C(=O)N2CCNC[C@@H]2C)cc1.Cl. The van der Waals surface area contributed by atoms with Gasteiger partial charge in [0.1, 0.15) is 12.4 Å². The molecule has 4 nitrogen and oxygen atoms in total. The van der Waals surface area contributed by atoms with Gasteiger partial charge in [-0.25, -0.2) is 0 Å². The summed E-state index contributed by atoms with van der Waals surface area (Å²) in [5.74, 6) is 0.842. The smallest absolute Gasteiger partial charge is 0.254 e. The number of benzene rings is 1. The molecular formula is C15H21ClN2O2. The Kier molecular flexibility index (Phi) is 6.55. The van der Waals surface area contributed by atoms with Crippen LogP contribution in [-0.4, -0.2) is 43.1 Å². The standard InChI is InChI=1S/C15H20N2O2.ClH/c1-3-10-19-14-6-4-13(5-7-14)15(18)17-9-8-16-11-12(17)2;/h3-7,12,16H,1,8-11H2,2H3;1H/t12-;/m0./s1. The summed E-state index contributed by atoms with van der Waals surface area (Å²) in [6.07, 6.45) is 1.70. The number of hydrogen-bond acceptors (Lipinski definition) is 3. The van der Waals surface area contributed by atoms with Gasteiger partial charge in [-0.3, -0.25) is 4.79 Å². The van der Waals surface area contributed by atoms with Gasteiger partial charge in [0.15, 0.2) is 0 Å². The highest BCUT2D eigenvalue weighted by Crippen LogP contribution is 2.15. The average molecular weight is 297 g/mol. The molecule has 110 valence electrons. The third-order valence-electron chi connectivity index (χ3n) is 3.23. The van der Waals surface area contributed by atoms with Gasteiger partial charge in [-0.2, -0.15) is 0 Å². The number of nitrogens with one attached hydrogen (secondary N) is 1. The van der Waals surface area contributed by atoms with Gasteiger partial charge in [0.25, 0.3) is 5.91 Å². The van der Waals surface area contributed by atoms with Gasteiger partial charge in [-0.05, 0) is 31.2 Å². The van der Waals surface area contributed by atoms with Crippen molar-refractivity contribution in [1.82, 2.24) is 10.2 Å². The normalized spacial score (nSPS) is 18.1. The minimum atomic E-state index is 0. The highest BCUT2D eigenvalue weighted by Gasteiger charge is 2.23. The fourth-order valence-electron chi connectivity index (χ4n) is 2.16. The Balaban J connectivity index is 0.00000200. The zero-order valence-electron chi connectivity index (χ0n) is 11.7. The van der Waals surface area contributed by atoms with Crippen molar-refractivity contribution in [2.24, 2.45) is 0 Å². The van der Waals surface area contributed by atoms with Crippen molar-refractivity contribution >= 4 is 18.3 Å². The van der Waals surface area contributed by atoms with Gasteiger partial charge in [-0.15, -0.1) is 12.4 Å². The summed E-state index contributed by atoms with van der Waals surface area (Å²) in [5.41, 5.74) is 0.708. The molecule has 0 bridgehead atoms. The molecule has 0 radical (unpaired) electrons. The maximum atomic E-state index is 12.4. The number of nitrogens with zero attached hydrogens (tertiary/aromatic N) is 1. The molecule has 1 saturated heterocycles. The van der Waals surface area contributed by atoms with E-state index in [9.17, 15) is 4.79 Å². The minimum absolute atomic E-state index is 0. The van der Waals surface area contributed by atoms with Crippen LogP contribution in [0.1, 0.15) is 17.3 Å². The summed E-state index contributed by atoms with van der Waals surface area (Å²) >= 11 is 0. The molecule has 1 amide bonds. The lowest BCUT2D eigenvalue weighted by Gasteiger charge is -2.34. The number of amides is 1. The van der Waals surface area contributed by atoms with Gasteiger partial charge >= 0.3 is 0 Å². The zero-order valence-corrected chi connectivity index (χ0v) is 12.5. The molecule has 20 heavy (non-hydrogen) atoms. The van der Waals surface area contributed by atoms with Crippen LogP contribution in [0.4, 0.5) is 0 Å². The zero-order chi connectivity index (χ0) is 13.7.